The molecule has 2 rings (SSSR count). The second-order valence-corrected chi connectivity index (χ2v) is 4.41. The zero-order chi connectivity index (χ0) is 15.8. The Balaban J connectivity index is 1.94. The Morgan fingerprint density at radius 2 is 2.23 bits per heavy atom. The maximum Gasteiger partial charge on any atom is 0.350 e. The molecule has 1 heterocycles. The van der Waals surface area contributed by atoms with Gasteiger partial charge in [-0.25, -0.2) is 9.78 Å². The zero-order valence-electron chi connectivity index (χ0n) is 12.2. The summed E-state index contributed by atoms with van der Waals surface area (Å²) in [4.78, 5) is 15.4. The summed E-state index contributed by atoms with van der Waals surface area (Å²) in [6.07, 6.45) is 6.70. The minimum Gasteiger partial charge on any atom is -0.462 e. The van der Waals surface area contributed by atoms with Gasteiger partial charge >= 0.3 is 5.97 Å². The summed E-state index contributed by atoms with van der Waals surface area (Å²) < 4.78 is 6.68. The molecular weight excluding hydrogens is 280 g/mol. The first-order valence-corrected chi connectivity index (χ1v) is 6.82. The van der Waals surface area contributed by atoms with E-state index in [1.54, 1.807) is 19.4 Å². The number of carbonyl (C=O) groups excluding carboxylic acids is 1. The summed E-state index contributed by atoms with van der Waals surface area (Å²) >= 11 is 0. The third-order valence-electron chi connectivity index (χ3n) is 2.91. The highest BCUT2D eigenvalue weighted by atomic mass is 16.5. The number of hydrogen-bond acceptors (Lipinski definition) is 5. The van der Waals surface area contributed by atoms with Crippen molar-refractivity contribution in [2.24, 2.45) is 0 Å². The van der Waals surface area contributed by atoms with Gasteiger partial charge in [-0.3, -0.25) is 0 Å². The van der Waals surface area contributed by atoms with Crippen LogP contribution in [0.2, 0.25) is 0 Å². The summed E-state index contributed by atoms with van der Waals surface area (Å²) in [5, 5.41) is 11.8. The molecule has 0 unspecified atom stereocenters. The van der Waals surface area contributed by atoms with Gasteiger partial charge in [0.05, 0.1) is 12.9 Å². The Labute approximate surface area is 128 Å². The minimum absolute atomic E-state index is 0.0446. The lowest BCUT2D eigenvalue weighted by molar-refractivity contribution is -0.138. The molecule has 0 saturated carbocycles. The molecule has 6 heteroatoms. The van der Waals surface area contributed by atoms with Gasteiger partial charge in [-0.1, -0.05) is 12.1 Å². The number of carbonyl (C=O) groups is 1. The lowest BCUT2D eigenvalue weighted by Gasteiger charge is -2.05. The molecule has 0 aliphatic carbocycles. The van der Waals surface area contributed by atoms with Gasteiger partial charge in [-0.15, -0.1) is 0 Å². The van der Waals surface area contributed by atoms with Crippen LogP contribution in [-0.4, -0.2) is 22.1 Å². The number of nitrogens with zero attached hydrogens (tertiary/aromatic N) is 3. The predicted molar refractivity (Wildman–Crippen MR) is 80.7 cm³/mol. The van der Waals surface area contributed by atoms with Gasteiger partial charge in [0.15, 0.2) is 5.57 Å². The second kappa shape index (κ2) is 7.64. The second-order valence-electron chi connectivity index (χ2n) is 4.41. The Kier molecular flexibility index (Phi) is 5.32. The number of rotatable bonds is 6. The monoisotopic (exact) mass is 296 g/mol. The van der Waals surface area contributed by atoms with Crippen LogP contribution in [0.3, 0.4) is 0 Å². The quantitative estimate of drug-likeness (QED) is 0.500. The van der Waals surface area contributed by atoms with Gasteiger partial charge in [0.1, 0.15) is 6.07 Å². The topological polar surface area (TPSA) is 79.9 Å². The van der Waals surface area contributed by atoms with Crippen LogP contribution in [0.5, 0.6) is 0 Å². The van der Waals surface area contributed by atoms with E-state index in [2.05, 4.69) is 10.3 Å². The van der Waals surface area contributed by atoms with Gasteiger partial charge in [-0.05, 0) is 24.6 Å². The highest BCUT2D eigenvalue weighted by molar-refractivity contribution is 5.92. The van der Waals surface area contributed by atoms with E-state index >= 15 is 0 Å². The smallest absolute Gasteiger partial charge is 0.350 e. The van der Waals surface area contributed by atoms with Crippen molar-refractivity contribution in [3.63, 3.8) is 0 Å². The highest BCUT2D eigenvalue weighted by Crippen LogP contribution is 2.09. The van der Waals surface area contributed by atoms with Crippen molar-refractivity contribution >= 4 is 5.97 Å². The number of aromatic nitrogens is 2. The van der Waals surface area contributed by atoms with Gasteiger partial charge < -0.3 is 14.6 Å². The normalized spacial score (nSPS) is 10.8. The molecule has 0 saturated heterocycles. The molecule has 1 aromatic carbocycles. The Morgan fingerprint density at radius 3 is 2.82 bits per heavy atom. The molecule has 1 aromatic heterocycles. The zero-order valence-corrected chi connectivity index (χ0v) is 12.2. The van der Waals surface area contributed by atoms with Gasteiger partial charge in [0, 0.05) is 30.8 Å². The fourth-order valence-electron chi connectivity index (χ4n) is 1.81. The van der Waals surface area contributed by atoms with Crippen molar-refractivity contribution in [2.45, 2.75) is 13.5 Å². The molecule has 6 nitrogen and oxygen atoms in total. The van der Waals surface area contributed by atoms with E-state index < -0.39 is 5.97 Å². The number of ether oxygens (including phenoxy) is 1. The van der Waals surface area contributed by atoms with Gasteiger partial charge in [0.25, 0.3) is 0 Å². The highest BCUT2D eigenvalue weighted by Gasteiger charge is 2.08. The maximum atomic E-state index is 11.4. The standard InChI is InChI=1S/C16H16N4O2/c1-2-22-16(21)14(9-17)11-19-10-13-3-5-15(6-4-13)20-8-7-18-12-20/h3-8,11-12,19H,2,10H2,1H3/b14-11+. The van der Waals surface area contributed by atoms with Crippen molar-refractivity contribution in [1.29, 1.82) is 5.26 Å². The summed E-state index contributed by atoms with van der Waals surface area (Å²) in [7, 11) is 0. The average Bonchev–Trinajstić information content (AvgIpc) is 3.07. The van der Waals surface area contributed by atoms with Crippen molar-refractivity contribution in [1.82, 2.24) is 14.9 Å². The van der Waals surface area contributed by atoms with E-state index in [4.69, 9.17) is 10.00 Å². The number of esters is 1. The van der Waals surface area contributed by atoms with Crippen LogP contribution in [0.25, 0.3) is 5.69 Å². The van der Waals surface area contributed by atoms with Crippen LogP contribution >= 0.6 is 0 Å². The molecule has 112 valence electrons. The molecule has 0 aliphatic heterocycles. The lowest BCUT2D eigenvalue weighted by atomic mass is 10.2. The minimum atomic E-state index is -0.618. The van der Waals surface area contributed by atoms with Crippen LogP contribution in [0.4, 0.5) is 0 Å². The predicted octanol–water partition coefficient (Wildman–Crippen LogP) is 1.93. The summed E-state index contributed by atoms with van der Waals surface area (Å²) in [5.41, 5.74) is 2.00. The maximum absolute atomic E-state index is 11.4. The Bertz CT molecular complexity index is 682. The first-order chi connectivity index (χ1) is 10.7. The van der Waals surface area contributed by atoms with E-state index in [0.717, 1.165) is 11.3 Å². The van der Waals surface area contributed by atoms with Crippen LogP contribution in [0.1, 0.15) is 12.5 Å². The van der Waals surface area contributed by atoms with Crippen molar-refractivity contribution < 1.29 is 9.53 Å². The molecule has 1 N–H and O–H groups in total. The Hall–Kier alpha value is -3.07. The molecule has 22 heavy (non-hydrogen) atoms. The van der Waals surface area contributed by atoms with Crippen LogP contribution in [-0.2, 0) is 16.1 Å². The summed E-state index contributed by atoms with van der Waals surface area (Å²) in [5.74, 6) is -0.618. The molecule has 2 aromatic rings. The fraction of sp³-hybridized carbons (Fsp3) is 0.188. The number of imidazole rings is 1. The molecule has 0 bridgehead atoms. The van der Waals surface area contributed by atoms with Crippen molar-refractivity contribution in [3.8, 4) is 11.8 Å². The van der Waals surface area contributed by atoms with E-state index in [-0.39, 0.29) is 12.2 Å². The number of hydrogen-bond donors (Lipinski definition) is 1. The lowest BCUT2D eigenvalue weighted by Crippen LogP contribution is -2.12. The van der Waals surface area contributed by atoms with Crippen molar-refractivity contribution in [2.75, 3.05) is 6.61 Å². The van der Waals surface area contributed by atoms with Gasteiger partial charge in [-0.2, -0.15) is 5.26 Å². The molecular formula is C16H16N4O2. The first-order valence-electron chi connectivity index (χ1n) is 6.82. The van der Waals surface area contributed by atoms with E-state index in [0.29, 0.717) is 6.54 Å². The largest absolute Gasteiger partial charge is 0.462 e. The molecule has 0 radical (unpaired) electrons. The molecule has 0 spiro atoms. The third kappa shape index (κ3) is 3.96. The van der Waals surface area contributed by atoms with Crippen LogP contribution < -0.4 is 5.32 Å². The van der Waals surface area contributed by atoms with E-state index in [9.17, 15) is 4.79 Å². The SMILES string of the molecule is CCOC(=O)/C(C#N)=C/NCc1ccc(-n2ccnc2)cc1. The van der Waals surface area contributed by atoms with E-state index in [1.807, 2.05) is 41.1 Å². The number of benzene rings is 1. The average molecular weight is 296 g/mol. The molecule has 0 aliphatic rings. The van der Waals surface area contributed by atoms with Crippen LogP contribution in [0.15, 0.2) is 54.8 Å². The third-order valence-corrected chi connectivity index (χ3v) is 2.91. The number of nitriles is 1. The van der Waals surface area contributed by atoms with Gasteiger partial charge in [0.2, 0.25) is 0 Å². The number of nitrogens with one attached hydrogen (secondary N) is 1. The Morgan fingerprint density at radius 1 is 1.45 bits per heavy atom. The summed E-state index contributed by atoms with van der Waals surface area (Å²) in [6, 6.07) is 9.69. The van der Waals surface area contributed by atoms with Crippen molar-refractivity contribution in [3.05, 3.63) is 60.3 Å². The fourth-order valence-corrected chi connectivity index (χ4v) is 1.81. The summed E-state index contributed by atoms with van der Waals surface area (Å²) in [6.45, 7) is 2.45. The molecule has 0 fully saturated rings. The van der Waals surface area contributed by atoms with Crippen LogP contribution in [0, 0.1) is 11.3 Å². The molecule has 0 atom stereocenters. The molecule has 0 amide bonds. The first kappa shape index (κ1) is 15.3. The van der Waals surface area contributed by atoms with E-state index in [1.165, 1.54) is 6.20 Å².